The number of aliphatic hydroxyl groups is 1. The number of nitrogens with zero attached hydrogens (tertiary/aromatic N) is 3. The van der Waals surface area contributed by atoms with Crippen LogP contribution in [-0.4, -0.2) is 32.7 Å². The SMILES string of the molecule is CC1(C)[C@H](O)C[C@H]1Nc1nc(NCc2c[nH+]ccc2C(F)(F)F)ncc1C#N.[OH-]. The first-order valence-corrected chi connectivity index (χ1v) is 8.64. The van der Waals surface area contributed by atoms with Crippen LogP contribution in [0.4, 0.5) is 24.9 Å². The largest absolute Gasteiger partial charge is 0.870 e. The number of aliphatic hydroxyl groups excluding tert-OH is 1. The lowest BCUT2D eigenvalue weighted by Crippen LogP contribution is -2.57. The first-order chi connectivity index (χ1) is 13.1. The van der Waals surface area contributed by atoms with Crippen LogP contribution in [0, 0.1) is 16.7 Å². The molecule has 0 aromatic carbocycles. The molecule has 2 aromatic heterocycles. The zero-order chi connectivity index (χ0) is 20.5. The lowest BCUT2D eigenvalue weighted by Gasteiger charge is -2.49. The average Bonchev–Trinajstić information content (AvgIpc) is 2.65. The Kier molecular flexibility index (Phi) is 6.30. The Bertz CT molecular complexity index is 913. The van der Waals surface area contributed by atoms with Gasteiger partial charge in [0, 0.05) is 29.6 Å². The highest BCUT2D eigenvalue weighted by atomic mass is 19.4. The number of anilines is 2. The molecule has 3 rings (SSSR count). The number of hydrogen-bond acceptors (Lipinski definition) is 7. The van der Waals surface area contributed by atoms with Crippen molar-refractivity contribution in [2.24, 2.45) is 5.41 Å². The van der Waals surface area contributed by atoms with Gasteiger partial charge in [-0.05, 0) is 6.42 Å². The summed E-state index contributed by atoms with van der Waals surface area (Å²) in [6.07, 6.45) is -0.634. The van der Waals surface area contributed by atoms with Crippen molar-refractivity contribution in [2.45, 2.75) is 45.1 Å². The van der Waals surface area contributed by atoms with Gasteiger partial charge in [-0.3, -0.25) is 0 Å². The van der Waals surface area contributed by atoms with Crippen LogP contribution in [0.3, 0.4) is 0 Å². The molecule has 0 unspecified atom stereocenters. The van der Waals surface area contributed by atoms with Gasteiger partial charge in [0.25, 0.3) is 0 Å². The van der Waals surface area contributed by atoms with Gasteiger partial charge in [0.2, 0.25) is 5.95 Å². The van der Waals surface area contributed by atoms with Gasteiger partial charge < -0.3 is 21.2 Å². The van der Waals surface area contributed by atoms with Gasteiger partial charge in [-0.2, -0.15) is 23.4 Å². The Morgan fingerprint density at radius 3 is 2.72 bits per heavy atom. The number of hydrogen-bond donors (Lipinski definition) is 3. The van der Waals surface area contributed by atoms with Crippen LogP contribution in [0.25, 0.3) is 0 Å². The molecule has 2 atom stereocenters. The predicted molar refractivity (Wildman–Crippen MR) is 95.8 cm³/mol. The summed E-state index contributed by atoms with van der Waals surface area (Å²) in [6, 6.07) is 2.87. The maximum atomic E-state index is 13.1. The van der Waals surface area contributed by atoms with Crippen molar-refractivity contribution in [3.8, 4) is 6.07 Å². The minimum Gasteiger partial charge on any atom is -0.870 e. The number of alkyl halides is 3. The minimum absolute atomic E-state index is 0. The van der Waals surface area contributed by atoms with E-state index in [0.717, 1.165) is 6.07 Å². The topological polar surface area (TPSA) is 138 Å². The molecule has 0 bridgehead atoms. The number of halogens is 3. The van der Waals surface area contributed by atoms with Crippen molar-refractivity contribution in [1.82, 2.24) is 9.97 Å². The zero-order valence-electron chi connectivity index (χ0n) is 15.7. The number of nitrogens with one attached hydrogen (secondary N) is 3. The molecule has 1 fully saturated rings. The van der Waals surface area contributed by atoms with Crippen molar-refractivity contribution in [2.75, 3.05) is 10.6 Å². The van der Waals surface area contributed by atoms with Crippen LogP contribution >= 0.6 is 0 Å². The second-order valence-electron chi connectivity index (χ2n) is 7.27. The molecule has 1 aliphatic carbocycles. The number of rotatable bonds is 5. The zero-order valence-corrected chi connectivity index (χ0v) is 15.7. The van der Waals surface area contributed by atoms with E-state index in [1.54, 1.807) is 0 Å². The minimum atomic E-state index is -4.47. The summed E-state index contributed by atoms with van der Waals surface area (Å²) in [5, 5.41) is 25.0. The van der Waals surface area contributed by atoms with E-state index in [4.69, 9.17) is 0 Å². The van der Waals surface area contributed by atoms with E-state index < -0.39 is 17.8 Å². The third kappa shape index (κ3) is 4.55. The highest BCUT2D eigenvalue weighted by Gasteiger charge is 2.47. The molecule has 2 aromatic rings. The number of H-pyrrole nitrogens is 1. The van der Waals surface area contributed by atoms with E-state index in [1.165, 1.54) is 18.6 Å². The van der Waals surface area contributed by atoms with Crippen LogP contribution < -0.4 is 15.6 Å². The highest BCUT2D eigenvalue weighted by molar-refractivity contribution is 5.54. The maximum absolute atomic E-state index is 13.1. The standard InChI is InChI=1S/C18H19F3N6O.H2O/c1-17(2)13(5-14(17)28)26-15-10(6-22)8-24-16(27-15)25-9-11-7-23-4-3-12(11)18(19,20)21;/h3-4,7-8,13-14,28H,5,9H2,1-2H3,(H2,24,25,26,27);1H2/t13-,14-;/m1./s1. The summed E-state index contributed by atoms with van der Waals surface area (Å²) in [5.74, 6) is 0.372. The van der Waals surface area contributed by atoms with Gasteiger partial charge in [-0.25, -0.2) is 9.97 Å². The molecule has 5 N–H and O–H groups in total. The molecule has 1 aliphatic rings. The summed E-state index contributed by atoms with van der Waals surface area (Å²) in [6.45, 7) is 3.65. The fourth-order valence-corrected chi connectivity index (χ4v) is 3.03. The number of pyridine rings is 1. The Hall–Kier alpha value is -2.97. The number of aromatic nitrogens is 3. The smallest absolute Gasteiger partial charge is 0.417 e. The lowest BCUT2D eigenvalue weighted by atomic mass is 9.64. The van der Waals surface area contributed by atoms with Gasteiger partial charge >= 0.3 is 6.18 Å². The monoisotopic (exact) mass is 410 g/mol. The highest BCUT2D eigenvalue weighted by Crippen LogP contribution is 2.42. The molecule has 0 spiro atoms. The Morgan fingerprint density at radius 1 is 1.41 bits per heavy atom. The van der Waals surface area contributed by atoms with Crippen LogP contribution in [0.1, 0.15) is 37.0 Å². The van der Waals surface area contributed by atoms with Gasteiger partial charge in [0.1, 0.15) is 17.5 Å². The summed E-state index contributed by atoms with van der Waals surface area (Å²) < 4.78 is 39.3. The van der Waals surface area contributed by atoms with E-state index >= 15 is 0 Å². The van der Waals surface area contributed by atoms with E-state index in [9.17, 15) is 23.5 Å². The van der Waals surface area contributed by atoms with Gasteiger partial charge in [0.05, 0.1) is 17.9 Å². The predicted octanol–water partition coefficient (Wildman–Crippen LogP) is 2.19. The Labute approximate surface area is 165 Å². The summed E-state index contributed by atoms with van der Waals surface area (Å²) in [7, 11) is 0. The second-order valence-corrected chi connectivity index (χ2v) is 7.27. The van der Waals surface area contributed by atoms with Crippen molar-refractivity contribution in [3.63, 3.8) is 0 Å². The summed E-state index contributed by atoms with van der Waals surface area (Å²) in [5.41, 5.74) is -0.907. The second kappa shape index (κ2) is 8.18. The van der Waals surface area contributed by atoms with Crippen molar-refractivity contribution >= 4 is 11.8 Å². The quantitative estimate of drug-likeness (QED) is 0.687. The lowest BCUT2D eigenvalue weighted by molar-refractivity contribution is -0.379. The summed E-state index contributed by atoms with van der Waals surface area (Å²) in [4.78, 5) is 10.9. The first kappa shape index (κ1) is 22.3. The van der Waals surface area contributed by atoms with Crippen molar-refractivity contribution < 1.29 is 28.7 Å². The normalized spacial score (nSPS) is 20.0. The Balaban J connectivity index is 0.00000300. The van der Waals surface area contributed by atoms with Gasteiger partial charge in [-0.15, -0.1) is 0 Å². The van der Waals surface area contributed by atoms with Crippen molar-refractivity contribution in [3.05, 3.63) is 41.3 Å². The molecule has 29 heavy (non-hydrogen) atoms. The molecule has 0 amide bonds. The molecule has 8 nitrogen and oxygen atoms in total. The fourth-order valence-electron chi connectivity index (χ4n) is 3.03. The van der Waals surface area contributed by atoms with Crippen LogP contribution in [-0.2, 0) is 12.7 Å². The van der Waals surface area contributed by atoms with Gasteiger partial charge in [0.15, 0.2) is 12.4 Å². The molecule has 0 radical (unpaired) electrons. The molecule has 156 valence electrons. The summed E-state index contributed by atoms with van der Waals surface area (Å²) >= 11 is 0. The van der Waals surface area contributed by atoms with Crippen LogP contribution in [0.2, 0.25) is 0 Å². The van der Waals surface area contributed by atoms with E-state index in [1.807, 2.05) is 19.9 Å². The maximum Gasteiger partial charge on any atom is 0.417 e. The molecule has 1 saturated carbocycles. The fraction of sp³-hybridized carbons (Fsp3) is 0.444. The molecule has 2 heterocycles. The molecule has 11 heteroatoms. The molecular formula is C18H21F3N6O2. The molecular weight excluding hydrogens is 389 g/mol. The third-order valence-electron chi connectivity index (χ3n) is 5.13. The van der Waals surface area contributed by atoms with Crippen molar-refractivity contribution in [1.29, 1.82) is 5.26 Å². The van der Waals surface area contributed by atoms with Crippen LogP contribution in [0.15, 0.2) is 24.7 Å². The molecule has 0 saturated heterocycles. The van der Waals surface area contributed by atoms with E-state index in [-0.39, 0.29) is 46.4 Å². The van der Waals surface area contributed by atoms with Gasteiger partial charge in [-0.1, -0.05) is 13.8 Å². The Morgan fingerprint density at radius 2 is 2.14 bits per heavy atom. The molecule has 0 aliphatic heterocycles. The number of nitriles is 1. The third-order valence-corrected chi connectivity index (χ3v) is 5.13. The van der Waals surface area contributed by atoms with Crippen LogP contribution in [0.5, 0.6) is 0 Å². The number of aromatic amines is 1. The average molecular weight is 410 g/mol. The first-order valence-electron chi connectivity index (χ1n) is 8.64. The van der Waals surface area contributed by atoms with E-state index in [2.05, 4.69) is 25.6 Å². The van der Waals surface area contributed by atoms with E-state index in [0.29, 0.717) is 6.42 Å².